The van der Waals surface area contributed by atoms with Gasteiger partial charge in [0.1, 0.15) is 0 Å². The second-order valence-electron chi connectivity index (χ2n) is 3.03. The van der Waals surface area contributed by atoms with Gasteiger partial charge >= 0.3 is 0 Å². The molecule has 0 aromatic heterocycles. The number of carbonyl (C=O) groups excluding carboxylic acids is 1. The molecule has 0 saturated carbocycles. The van der Waals surface area contributed by atoms with Crippen LogP contribution in [0.4, 0.5) is 0 Å². The molecule has 0 aliphatic heterocycles. The first kappa shape index (κ1) is 15.8. The van der Waals surface area contributed by atoms with Gasteiger partial charge < -0.3 is 5.32 Å². The molecule has 0 aliphatic rings. The highest BCUT2D eigenvalue weighted by Gasteiger charge is 2.10. The van der Waals surface area contributed by atoms with Crippen LogP contribution in [0, 0.1) is 0 Å². The highest BCUT2D eigenvalue weighted by atomic mass is 32.2. The fourth-order valence-electron chi connectivity index (χ4n) is 0.962. The normalized spacial score (nSPS) is 9.50. The Kier molecular flexibility index (Phi) is 8.78. The highest BCUT2D eigenvalue weighted by molar-refractivity contribution is 8.21. The number of thiocarbonyl (C=S) groups is 1. The Morgan fingerprint density at radius 1 is 1.31 bits per heavy atom. The van der Waals surface area contributed by atoms with E-state index in [-0.39, 0.29) is 5.91 Å². The number of hydrogen-bond acceptors (Lipinski definition) is 4. The molecule has 0 unspecified atom stereocenters. The molecular formula is C10H18N2OS3. The summed E-state index contributed by atoms with van der Waals surface area (Å²) in [5, 5.41) is 6.01. The van der Waals surface area contributed by atoms with Gasteiger partial charge in [-0.2, -0.15) is 0 Å². The summed E-state index contributed by atoms with van der Waals surface area (Å²) in [5.41, 5.74) is 0.709. The molecule has 0 radical (unpaired) electrons. The van der Waals surface area contributed by atoms with E-state index < -0.39 is 0 Å². The summed E-state index contributed by atoms with van der Waals surface area (Å²) >= 11 is 8.13. The molecule has 0 aromatic carbocycles. The van der Waals surface area contributed by atoms with Gasteiger partial charge in [-0.3, -0.25) is 10.1 Å². The van der Waals surface area contributed by atoms with E-state index in [1.165, 1.54) is 0 Å². The van der Waals surface area contributed by atoms with Crippen LogP contribution in [0.15, 0.2) is 9.81 Å². The molecule has 3 nitrogen and oxygen atoms in total. The molecule has 0 aromatic rings. The third-order valence-electron chi connectivity index (χ3n) is 1.78. The first-order valence-electron chi connectivity index (χ1n) is 4.94. The first-order chi connectivity index (χ1) is 7.56. The molecule has 0 bridgehead atoms. The van der Waals surface area contributed by atoms with Crippen molar-refractivity contribution < 1.29 is 4.79 Å². The third kappa shape index (κ3) is 5.77. The van der Waals surface area contributed by atoms with E-state index >= 15 is 0 Å². The molecule has 0 fully saturated rings. The zero-order valence-electron chi connectivity index (χ0n) is 10.0. The lowest BCUT2D eigenvalue weighted by atomic mass is 10.3. The summed E-state index contributed by atoms with van der Waals surface area (Å²) in [6.07, 6.45) is 4.89. The van der Waals surface area contributed by atoms with Crippen molar-refractivity contribution in [3.05, 3.63) is 9.81 Å². The smallest absolute Gasteiger partial charge is 0.254 e. The number of hydrogen-bond donors (Lipinski definition) is 2. The van der Waals surface area contributed by atoms with Gasteiger partial charge in [-0.15, -0.1) is 23.5 Å². The van der Waals surface area contributed by atoms with E-state index in [0.29, 0.717) is 10.7 Å². The van der Waals surface area contributed by atoms with Crippen molar-refractivity contribution >= 4 is 46.8 Å². The van der Waals surface area contributed by atoms with Crippen molar-refractivity contribution in [2.45, 2.75) is 20.3 Å². The molecule has 0 saturated heterocycles. The van der Waals surface area contributed by atoms with E-state index in [2.05, 4.69) is 10.6 Å². The minimum atomic E-state index is -0.132. The van der Waals surface area contributed by atoms with Gasteiger partial charge in [0.05, 0.1) is 0 Å². The van der Waals surface area contributed by atoms with E-state index in [1.807, 2.05) is 19.4 Å². The van der Waals surface area contributed by atoms with Crippen LogP contribution < -0.4 is 10.6 Å². The quantitative estimate of drug-likeness (QED) is 0.597. The van der Waals surface area contributed by atoms with Crippen LogP contribution in [0.25, 0.3) is 0 Å². The summed E-state index contributed by atoms with van der Waals surface area (Å²) in [4.78, 5) is 11.8. The second-order valence-corrected chi connectivity index (χ2v) is 5.33. The van der Waals surface area contributed by atoms with Crippen LogP contribution in [0.3, 0.4) is 0 Å². The Bertz CT molecular complexity index is 284. The molecule has 0 spiro atoms. The van der Waals surface area contributed by atoms with Gasteiger partial charge in [0, 0.05) is 16.4 Å². The zero-order valence-corrected chi connectivity index (χ0v) is 12.5. The largest absolute Gasteiger partial charge is 0.362 e. The average molecular weight is 278 g/mol. The lowest BCUT2D eigenvalue weighted by molar-refractivity contribution is -0.116. The van der Waals surface area contributed by atoms with Gasteiger partial charge in [-0.1, -0.05) is 6.92 Å². The van der Waals surface area contributed by atoms with Crippen molar-refractivity contribution in [3.8, 4) is 0 Å². The predicted octanol–water partition coefficient (Wildman–Crippen LogP) is 2.34. The van der Waals surface area contributed by atoms with Crippen molar-refractivity contribution in [1.82, 2.24) is 10.6 Å². The Morgan fingerprint density at radius 3 is 2.31 bits per heavy atom. The molecule has 6 heteroatoms. The summed E-state index contributed by atoms with van der Waals surface area (Å²) in [6.45, 7) is 4.63. The Balaban J connectivity index is 4.35. The van der Waals surface area contributed by atoms with Crippen LogP contribution in [0.2, 0.25) is 0 Å². The molecule has 0 heterocycles. The fraction of sp³-hybridized carbons (Fsp3) is 0.600. The molecule has 0 rings (SSSR count). The number of nitrogens with one attached hydrogen (secondary N) is 2. The predicted molar refractivity (Wildman–Crippen MR) is 78.8 cm³/mol. The van der Waals surface area contributed by atoms with Gasteiger partial charge in [0.25, 0.3) is 5.91 Å². The van der Waals surface area contributed by atoms with Crippen molar-refractivity contribution in [2.75, 3.05) is 19.1 Å². The van der Waals surface area contributed by atoms with E-state index in [1.54, 1.807) is 30.4 Å². The zero-order chi connectivity index (χ0) is 12.6. The van der Waals surface area contributed by atoms with E-state index in [0.717, 1.165) is 17.2 Å². The van der Waals surface area contributed by atoms with Crippen molar-refractivity contribution in [3.63, 3.8) is 0 Å². The van der Waals surface area contributed by atoms with E-state index in [4.69, 9.17) is 12.2 Å². The molecule has 92 valence electrons. The highest BCUT2D eigenvalue weighted by Crippen LogP contribution is 2.27. The number of amides is 1. The van der Waals surface area contributed by atoms with Crippen molar-refractivity contribution in [1.29, 1.82) is 0 Å². The van der Waals surface area contributed by atoms with E-state index in [9.17, 15) is 4.79 Å². The first-order valence-corrected chi connectivity index (χ1v) is 7.80. The summed E-state index contributed by atoms with van der Waals surface area (Å²) in [6, 6.07) is 0. The SMILES string of the molecule is CCCNC(=S)NC(=O)C(C)=C(SC)SC. The molecule has 2 N–H and O–H groups in total. The summed E-state index contributed by atoms with van der Waals surface area (Å²) in [7, 11) is 0. The van der Waals surface area contributed by atoms with Crippen LogP contribution in [-0.4, -0.2) is 30.1 Å². The maximum absolute atomic E-state index is 11.8. The van der Waals surface area contributed by atoms with Gasteiger partial charge in [0.15, 0.2) is 5.11 Å². The monoisotopic (exact) mass is 278 g/mol. The molecule has 1 amide bonds. The Morgan fingerprint density at radius 2 is 1.88 bits per heavy atom. The third-order valence-corrected chi connectivity index (χ3v) is 4.38. The lowest BCUT2D eigenvalue weighted by Crippen LogP contribution is -2.39. The minimum absolute atomic E-state index is 0.132. The maximum atomic E-state index is 11.8. The van der Waals surface area contributed by atoms with Crippen LogP contribution >= 0.6 is 35.7 Å². The number of carbonyl (C=O) groups is 1. The number of rotatable bonds is 5. The maximum Gasteiger partial charge on any atom is 0.254 e. The molecule has 16 heavy (non-hydrogen) atoms. The minimum Gasteiger partial charge on any atom is -0.362 e. The number of thioether (sulfide) groups is 2. The van der Waals surface area contributed by atoms with Gasteiger partial charge in [-0.05, 0) is 38.1 Å². The topological polar surface area (TPSA) is 41.1 Å². The second kappa shape index (κ2) is 8.90. The van der Waals surface area contributed by atoms with Gasteiger partial charge in [-0.25, -0.2) is 0 Å². The molecule has 0 atom stereocenters. The lowest BCUT2D eigenvalue weighted by Gasteiger charge is -2.10. The Labute approximate surface area is 111 Å². The molecular weight excluding hydrogens is 260 g/mol. The van der Waals surface area contributed by atoms with Crippen LogP contribution in [0.1, 0.15) is 20.3 Å². The molecule has 0 aliphatic carbocycles. The van der Waals surface area contributed by atoms with Gasteiger partial charge in [0.2, 0.25) is 0 Å². The summed E-state index contributed by atoms with van der Waals surface area (Å²) in [5.74, 6) is -0.132. The Hall–Kier alpha value is -0.200. The van der Waals surface area contributed by atoms with Crippen LogP contribution in [-0.2, 0) is 4.79 Å². The van der Waals surface area contributed by atoms with Crippen LogP contribution in [0.5, 0.6) is 0 Å². The standard InChI is InChI=1S/C10H18N2OS3/c1-5-6-11-10(14)12-8(13)7(2)9(15-3)16-4/h5-6H2,1-4H3,(H2,11,12,13,14). The fourth-order valence-corrected chi connectivity index (χ4v) is 2.62. The average Bonchev–Trinajstić information content (AvgIpc) is 2.27. The summed E-state index contributed by atoms with van der Waals surface area (Å²) < 4.78 is 1.01. The van der Waals surface area contributed by atoms with Crippen molar-refractivity contribution in [2.24, 2.45) is 0 Å².